The van der Waals surface area contributed by atoms with Gasteiger partial charge in [0, 0.05) is 32.7 Å². The summed E-state index contributed by atoms with van der Waals surface area (Å²) < 4.78 is 5.54. The van der Waals surface area contributed by atoms with Crippen LogP contribution in [0.4, 0.5) is 5.69 Å². The van der Waals surface area contributed by atoms with Crippen molar-refractivity contribution in [1.82, 2.24) is 4.90 Å². The number of anilines is 1. The lowest BCUT2D eigenvalue weighted by atomic mass is 9.47. The standard InChI is InChI=1S/C35H51N3O4/c1-24(36-42-23-27(40)22-37-17-19-38(20-18-37)32-7-5-6-8-33(32)41-4)29-11-12-30-28-10-9-25-21-26(39)13-15-34(25,2)31(28)14-16-35(29,30)3/h5-9,11,26-28,30-31,39-40H,10,12-23H2,1-4H3. The number of hydrogen-bond donors (Lipinski definition) is 2. The largest absolute Gasteiger partial charge is 0.495 e. The predicted molar refractivity (Wildman–Crippen MR) is 168 cm³/mol. The first-order valence-corrected chi connectivity index (χ1v) is 16.3. The van der Waals surface area contributed by atoms with Gasteiger partial charge in [0.15, 0.2) is 0 Å². The molecular weight excluding hydrogens is 526 g/mol. The highest BCUT2D eigenvalue weighted by molar-refractivity contribution is 5.99. The SMILES string of the molecule is COc1ccccc1N1CCN(CC(O)CON=C(C)C2=CCC3C4CC=C5CC(O)CCC5(C)C4CCC23C)CC1. The lowest BCUT2D eigenvalue weighted by Crippen LogP contribution is -2.50. The van der Waals surface area contributed by atoms with E-state index in [0.717, 1.165) is 81.3 Å². The van der Waals surface area contributed by atoms with Crippen LogP contribution in [0.1, 0.15) is 65.7 Å². The van der Waals surface area contributed by atoms with E-state index in [4.69, 9.17) is 9.57 Å². The molecule has 0 bridgehead atoms. The van der Waals surface area contributed by atoms with E-state index in [9.17, 15) is 10.2 Å². The maximum atomic E-state index is 10.7. The molecule has 7 atom stereocenters. The zero-order chi connectivity index (χ0) is 29.5. The Kier molecular flexibility index (Phi) is 8.47. The van der Waals surface area contributed by atoms with Crippen molar-refractivity contribution >= 4 is 11.4 Å². The van der Waals surface area contributed by atoms with Crippen LogP contribution in [0.3, 0.4) is 0 Å². The molecule has 7 unspecified atom stereocenters. The molecule has 2 N–H and O–H groups in total. The minimum atomic E-state index is -0.575. The molecule has 42 heavy (non-hydrogen) atoms. The molecule has 0 amide bonds. The summed E-state index contributed by atoms with van der Waals surface area (Å²) in [6.07, 6.45) is 11.8. The normalized spacial score (nSPS) is 35.9. The van der Waals surface area contributed by atoms with Crippen LogP contribution in [0.5, 0.6) is 5.75 Å². The number of β-amino-alcohol motifs (C(OH)–C–C–N with tert-alkyl or cyclic N) is 1. The average molecular weight is 578 g/mol. The zero-order valence-corrected chi connectivity index (χ0v) is 26.1. The van der Waals surface area contributed by atoms with Crippen LogP contribution in [0.25, 0.3) is 0 Å². The molecule has 6 rings (SSSR count). The maximum Gasteiger partial charge on any atom is 0.144 e. The van der Waals surface area contributed by atoms with Gasteiger partial charge in [0.25, 0.3) is 0 Å². The van der Waals surface area contributed by atoms with Crippen LogP contribution in [0.2, 0.25) is 0 Å². The highest BCUT2D eigenvalue weighted by Crippen LogP contribution is 2.65. The van der Waals surface area contributed by atoms with Crippen molar-refractivity contribution in [2.75, 3.05) is 51.3 Å². The Labute approximate surface area is 252 Å². The Morgan fingerprint density at radius 1 is 1.02 bits per heavy atom. The molecular formula is C35H51N3O4. The van der Waals surface area contributed by atoms with Gasteiger partial charge in [-0.15, -0.1) is 0 Å². The third-order valence-electron chi connectivity index (χ3n) is 11.8. The van der Waals surface area contributed by atoms with E-state index in [1.165, 1.54) is 24.0 Å². The number of oxime groups is 1. The lowest BCUT2D eigenvalue weighted by Gasteiger charge is -2.57. The van der Waals surface area contributed by atoms with Crippen molar-refractivity contribution in [1.29, 1.82) is 0 Å². The predicted octanol–water partition coefficient (Wildman–Crippen LogP) is 5.43. The van der Waals surface area contributed by atoms with Crippen molar-refractivity contribution in [3.63, 3.8) is 0 Å². The summed E-state index contributed by atoms with van der Waals surface area (Å²) in [4.78, 5) is 10.4. The van der Waals surface area contributed by atoms with Gasteiger partial charge in [-0.2, -0.15) is 0 Å². The summed E-state index contributed by atoms with van der Waals surface area (Å²) in [7, 11) is 1.72. The minimum absolute atomic E-state index is 0.133. The summed E-state index contributed by atoms with van der Waals surface area (Å²) in [6.45, 7) is 11.4. The molecule has 7 nitrogen and oxygen atoms in total. The summed E-state index contributed by atoms with van der Waals surface area (Å²) in [5.41, 5.74) is 5.37. The smallest absolute Gasteiger partial charge is 0.144 e. The Hall–Kier alpha value is -2.35. The minimum Gasteiger partial charge on any atom is -0.495 e. The summed E-state index contributed by atoms with van der Waals surface area (Å²) in [5, 5.41) is 25.6. The van der Waals surface area contributed by atoms with Crippen molar-refractivity contribution < 1.29 is 19.8 Å². The molecule has 1 saturated heterocycles. The van der Waals surface area contributed by atoms with Gasteiger partial charge in [0.2, 0.25) is 0 Å². The molecule has 3 fully saturated rings. The van der Waals surface area contributed by atoms with Gasteiger partial charge in [-0.05, 0) is 98.2 Å². The molecule has 0 spiro atoms. The molecule has 4 aliphatic carbocycles. The number of piperazine rings is 1. The second kappa shape index (κ2) is 12.0. The van der Waals surface area contributed by atoms with Gasteiger partial charge in [-0.3, -0.25) is 4.90 Å². The summed E-state index contributed by atoms with van der Waals surface area (Å²) >= 11 is 0. The van der Waals surface area contributed by atoms with E-state index in [1.54, 1.807) is 7.11 Å². The molecule has 0 radical (unpaired) electrons. The van der Waals surface area contributed by atoms with Gasteiger partial charge >= 0.3 is 0 Å². The molecule has 7 heteroatoms. The number of allylic oxidation sites excluding steroid dienone is 3. The second-order valence-corrected chi connectivity index (χ2v) is 14.1. The number of methoxy groups -OCH3 is 1. The molecule has 1 aromatic rings. The monoisotopic (exact) mass is 577 g/mol. The quantitative estimate of drug-likeness (QED) is 0.244. The van der Waals surface area contributed by atoms with Gasteiger partial charge in [-0.25, -0.2) is 0 Å². The van der Waals surface area contributed by atoms with E-state index in [2.05, 4.69) is 53.9 Å². The maximum absolute atomic E-state index is 10.7. The first kappa shape index (κ1) is 29.7. The third kappa shape index (κ3) is 5.41. The van der Waals surface area contributed by atoms with Gasteiger partial charge in [0.05, 0.1) is 24.6 Å². The number of rotatable bonds is 8. The highest BCUT2D eigenvalue weighted by atomic mass is 16.6. The first-order valence-electron chi connectivity index (χ1n) is 16.3. The lowest BCUT2D eigenvalue weighted by molar-refractivity contribution is -0.0281. The molecule has 1 aromatic carbocycles. The van der Waals surface area contributed by atoms with Gasteiger partial charge < -0.3 is 24.7 Å². The fourth-order valence-electron chi connectivity index (χ4n) is 9.45. The fraction of sp³-hybridized carbons (Fsp3) is 0.686. The van der Waals surface area contributed by atoms with E-state index in [0.29, 0.717) is 18.4 Å². The third-order valence-corrected chi connectivity index (χ3v) is 11.8. The van der Waals surface area contributed by atoms with Crippen LogP contribution in [-0.2, 0) is 4.84 Å². The average Bonchev–Trinajstić information content (AvgIpc) is 3.35. The number of aliphatic hydroxyl groups excluding tert-OH is 2. The topological polar surface area (TPSA) is 77.8 Å². The Morgan fingerprint density at radius 3 is 2.57 bits per heavy atom. The highest BCUT2D eigenvalue weighted by Gasteiger charge is 2.57. The zero-order valence-electron chi connectivity index (χ0n) is 26.1. The van der Waals surface area contributed by atoms with E-state index < -0.39 is 6.10 Å². The first-order chi connectivity index (χ1) is 20.2. The second-order valence-electron chi connectivity index (χ2n) is 14.1. The van der Waals surface area contributed by atoms with Crippen LogP contribution < -0.4 is 9.64 Å². The molecule has 5 aliphatic rings. The summed E-state index contributed by atoms with van der Waals surface area (Å²) in [5.74, 6) is 2.96. The molecule has 230 valence electrons. The number of aliphatic hydroxyl groups is 2. The Bertz CT molecular complexity index is 1220. The van der Waals surface area contributed by atoms with Crippen LogP contribution in [-0.4, -0.2) is 79.5 Å². The van der Waals surface area contributed by atoms with Crippen LogP contribution >= 0.6 is 0 Å². The number of nitrogens with zero attached hydrogens (tertiary/aromatic N) is 3. The number of ether oxygens (including phenoxy) is 1. The number of fused-ring (bicyclic) bond motifs is 5. The van der Waals surface area contributed by atoms with E-state index in [-0.39, 0.29) is 23.5 Å². The van der Waals surface area contributed by atoms with Crippen molar-refractivity contribution in [2.24, 2.45) is 33.7 Å². The van der Waals surface area contributed by atoms with Crippen molar-refractivity contribution in [2.45, 2.75) is 77.9 Å². The fourth-order valence-corrected chi connectivity index (χ4v) is 9.45. The van der Waals surface area contributed by atoms with Gasteiger partial charge in [0.1, 0.15) is 18.5 Å². The van der Waals surface area contributed by atoms with Crippen molar-refractivity contribution in [3.05, 3.63) is 47.6 Å². The Balaban J connectivity index is 1.00. The van der Waals surface area contributed by atoms with Crippen LogP contribution in [0, 0.1) is 28.6 Å². The Morgan fingerprint density at radius 2 is 1.79 bits per heavy atom. The summed E-state index contributed by atoms with van der Waals surface area (Å²) in [6, 6.07) is 8.16. The number of benzene rings is 1. The molecule has 0 aromatic heterocycles. The number of para-hydroxylation sites is 2. The number of hydrogen-bond acceptors (Lipinski definition) is 7. The van der Waals surface area contributed by atoms with E-state index >= 15 is 0 Å². The molecule has 2 saturated carbocycles. The molecule has 1 heterocycles. The van der Waals surface area contributed by atoms with Crippen LogP contribution in [0.15, 0.2) is 52.7 Å². The molecule has 1 aliphatic heterocycles. The van der Waals surface area contributed by atoms with E-state index in [1.807, 2.05) is 18.2 Å². The van der Waals surface area contributed by atoms with Gasteiger partial charge in [-0.1, -0.05) is 48.9 Å². The van der Waals surface area contributed by atoms with Crippen molar-refractivity contribution in [3.8, 4) is 5.75 Å².